The Kier molecular flexibility index (Phi) is 6.59. The van der Waals surface area contributed by atoms with Crippen molar-refractivity contribution in [1.29, 1.82) is 0 Å². The number of likely N-dealkylation sites (tertiary alicyclic amines) is 2. The van der Waals surface area contributed by atoms with Crippen LogP contribution in [0.2, 0.25) is 0 Å². The zero-order chi connectivity index (χ0) is 20.9. The van der Waals surface area contributed by atoms with Gasteiger partial charge in [0.15, 0.2) is 5.13 Å². The lowest BCUT2D eigenvalue weighted by molar-refractivity contribution is -0.137. The van der Waals surface area contributed by atoms with E-state index in [4.69, 9.17) is 9.72 Å². The van der Waals surface area contributed by atoms with E-state index in [-0.39, 0.29) is 24.5 Å². The Morgan fingerprint density at radius 1 is 1.30 bits per heavy atom. The van der Waals surface area contributed by atoms with Gasteiger partial charge in [-0.1, -0.05) is 6.07 Å². The lowest BCUT2D eigenvalue weighted by Crippen LogP contribution is -2.35. The van der Waals surface area contributed by atoms with E-state index in [2.05, 4.69) is 10.3 Å². The molecule has 2 amide bonds. The molecular formula is C21H27N5O3S. The normalized spacial score (nSPS) is 19.0. The Morgan fingerprint density at radius 3 is 2.97 bits per heavy atom. The molecule has 0 aliphatic carbocycles. The van der Waals surface area contributed by atoms with Gasteiger partial charge >= 0.3 is 0 Å². The number of rotatable bonds is 8. The van der Waals surface area contributed by atoms with Crippen molar-refractivity contribution in [3.63, 3.8) is 0 Å². The largest absolute Gasteiger partial charge is 0.370 e. The molecule has 2 aliphatic rings. The molecule has 0 unspecified atom stereocenters. The molecule has 30 heavy (non-hydrogen) atoms. The highest BCUT2D eigenvalue weighted by molar-refractivity contribution is 7.13. The molecule has 0 spiro atoms. The van der Waals surface area contributed by atoms with Crippen LogP contribution in [-0.4, -0.2) is 64.4 Å². The Bertz CT molecular complexity index is 902. The fourth-order valence-electron chi connectivity index (χ4n) is 3.96. The van der Waals surface area contributed by atoms with Gasteiger partial charge in [-0.05, 0) is 38.3 Å². The van der Waals surface area contributed by atoms with Crippen LogP contribution in [0.25, 0.3) is 0 Å². The maximum absolute atomic E-state index is 12.7. The summed E-state index contributed by atoms with van der Waals surface area (Å²) >= 11 is 1.54. The van der Waals surface area contributed by atoms with Crippen molar-refractivity contribution in [3.05, 3.63) is 35.0 Å². The van der Waals surface area contributed by atoms with E-state index in [0.717, 1.165) is 48.1 Å². The molecule has 2 aromatic heterocycles. The molecule has 4 rings (SSSR count). The summed E-state index contributed by atoms with van der Waals surface area (Å²) in [7, 11) is 0. The summed E-state index contributed by atoms with van der Waals surface area (Å²) in [6.45, 7) is 4.44. The van der Waals surface area contributed by atoms with Gasteiger partial charge in [0, 0.05) is 31.4 Å². The number of nitrogens with zero attached hydrogens (tertiary/aromatic N) is 4. The first kappa shape index (κ1) is 20.7. The number of hydrogen-bond donors (Lipinski definition) is 1. The molecule has 8 nitrogen and oxygen atoms in total. The molecule has 9 heteroatoms. The Morgan fingerprint density at radius 2 is 2.20 bits per heavy atom. The maximum Gasteiger partial charge on any atom is 0.249 e. The van der Waals surface area contributed by atoms with Crippen molar-refractivity contribution in [3.8, 4) is 0 Å². The number of thiazole rings is 1. The van der Waals surface area contributed by atoms with Crippen LogP contribution in [0.3, 0.4) is 0 Å². The molecule has 0 aromatic carbocycles. The number of aromatic nitrogens is 2. The number of nitrogens with one attached hydrogen (secondary N) is 1. The van der Waals surface area contributed by atoms with Crippen molar-refractivity contribution < 1.29 is 14.3 Å². The summed E-state index contributed by atoms with van der Waals surface area (Å²) in [5, 5.41) is 6.04. The molecule has 4 heterocycles. The number of aryl methyl sites for hydroxylation is 1. The minimum Gasteiger partial charge on any atom is -0.370 e. The summed E-state index contributed by atoms with van der Waals surface area (Å²) < 4.78 is 5.58. The van der Waals surface area contributed by atoms with Gasteiger partial charge in [-0.15, -0.1) is 11.3 Å². The van der Waals surface area contributed by atoms with Gasteiger partial charge in [-0.2, -0.15) is 0 Å². The Hall–Kier alpha value is -2.52. The van der Waals surface area contributed by atoms with Crippen molar-refractivity contribution in [2.45, 2.75) is 38.6 Å². The SMILES string of the molecule is Cc1csc(Nc2cccc([C@@H]3CCCN3C(=O)COCCN3CCCC3=O)n2)n1. The summed E-state index contributed by atoms with van der Waals surface area (Å²) in [5.74, 6) is 0.880. The maximum atomic E-state index is 12.7. The second-order valence-corrected chi connectivity index (χ2v) is 8.51. The van der Waals surface area contributed by atoms with Crippen LogP contribution < -0.4 is 5.32 Å². The molecule has 2 aliphatic heterocycles. The number of carbonyl (C=O) groups is 2. The number of carbonyl (C=O) groups excluding carboxylic acids is 2. The van der Waals surface area contributed by atoms with E-state index in [0.29, 0.717) is 26.1 Å². The van der Waals surface area contributed by atoms with Crippen LogP contribution in [0.1, 0.15) is 43.1 Å². The van der Waals surface area contributed by atoms with Crippen molar-refractivity contribution in [2.75, 3.05) is 38.2 Å². The monoisotopic (exact) mass is 429 g/mol. The quantitative estimate of drug-likeness (QED) is 0.649. The number of pyridine rings is 1. The van der Waals surface area contributed by atoms with E-state index in [1.165, 1.54) is 0 Å². The van der Waals surface area contributed by atoms with Crippen molar-refractivity contribution in [1.82, 2.24) is 19.8 Å². The molecule has 1 N–H and O–H groups in total. The number of ether oxygens (including phenoxy) is 1. The van der Waals surface area contributed by atoms with Gasteiger partial charge in [-0.3, -0.25) is 9.59 Å². The molecule has 0 radical (unpaired) electrons. The standard InChI is InChI=1S/C21H27N5O3S/c1-15-14-30-21(22-15)24-18-7-2-5-16(23-18)17-6-3-10-26(17)20(28)13-29-12-11-25-9-4-8-19(25)27/h2,5,7,14,17H,3-4,6,8-13H2,1H3,(H,22,23,24)/t17-/m0/s1. The number of anilines is 2. The molecule has 2 fully saturated rings. The van der Waals surface area contributed by atoms with Crippen molar-refractivity contribution >= 4 is 34.1 Å². The van der Waals surface area contributed by atoms with Crippen LogP contribution >= 0.6 is 11.3 Å². The first-order valence-electron chi connectivity index (χ1n) is 10.4. The predicted octanol–water partition coefficient (Wildman–Crippen LogP) is 2.89. The van der Waals surface area contributed by atoms with E-state index in [1.807, 2.05) is 35.4 Å². The highest BCUT2D eigenvalue weighted by atomic mass is 32.1. The Labute approximate surface area is 180 Å². The highest BCUT2D eigenvalue weighted by Gasteiger charge is 2.31. The fourth-order valence-corrected chi connectivity index (χ4v) is 4.65. The van der Waals surface area contributed by atoms with Crippen LogP contribution in [0.5, 0.6) is 0 Å². The van der Waals surface area contributed by atoms with Gasteiger partial charge in [0.25, 0.3) is 0 Å². The van der Waals surface area contributed by atoms with Gasteiger partial charge in [0.1, 0.15) is 12.4 Å². The average Bonchev–Trinajstić information content (AvgIpc) is 3.47. The zero-order valence-electron chi connectivity index (χ0n) is 17.2. The van der Waals surface area contributed by atoms with Gasteiger partial charge in [-0.25, -0.2) is 9.97 Å². The third-order valence-electron chi connectivity index (χ3n) is 5.44. The number of amides is 2. The van der Waals surface area contributed by atoms with E-state index >= 15 is 0 Å². The van der Waals surface area contributed by atoms with Crippen LogP contribution in [0, 0.1) is 6.92 Å². The van der Waals surface area contributed by atoms with Crippen LogP contribution in [-0.2, 0) is 14.3 Å². The van der Waals surface area contributed by atoms with Gasteiger partial charge in [0.05, 0.1) is 24.0 Å². The van der Waals surface area contributed by atoms with Gasteiger partial charge < -0.3 is 19.9 Å². The molecule has 0 bridgehead atoms. The fraction of sp³-hybridized carbons (Fsp3) is 0.524. The molecule has 2 saturated heterocycles. The first-order valence-corrected chi connectivity index (χ1v) is 11.3. The van der Waals surface area contributed by atoms with Gasteiger partial charge in [0.2, 0.25) is 11.8 Å². The third kappa shape index (κ3) is 4.96. The lowest BCUT2D eigenvalue weighted by atomic mass is 10.1. The minimum absolute atomic E-state index is 0.0269. The Balaban J connectivity index is 1.32. The topological polar surface area (TPSA) is 87.7 Å². The van der Waals surface area contributed by atoms with Crippen LogP contribution in [0.4, 0.5) is 10.9 Å². The molecule has 1 atom stereocenters. The molecule has 160 valence electrons. The first-order chi connectivity index (χ1) is 14.6. The van der Waals surface area contributed by atoms with Crippen molar-refractivity contribution in [2.24, 2.45) is 0 Å². The van der Waals surface area contributed by atoms with E-state index < -0.39 is 0 Å². The van der Waals surface area contributed by atoms with E-state index in [9.17, 15) is 9.59 Å². The summed E-state index contributed by atoms with van der Waals surface area (Å²) in [4.78, 5) is 37.2. The van der Waals surface area contributed by atoms with Crippen LogP contribution in [0.15, 0.2) is 23.6 Å². The minimum atomic E-state index is -0.0407. The predicted molar refractivity (Wildman–Crippen MR) is 115 cm³/mol. The molecule has 0 saturated carbocycles. The third-order valence-corrected chi connectivity index (χ3v) is 6.32. The lowest BCUT2D eigenvalue weighted by Gasteiger charge is -2.25. The number of hydrogen-bond acceptors (Lipinski definition) is 7. The zero-order valence-corrected chi connectivity index (χ0v) is 18.0. The highest BCUT2D eigenvalue weighted by Crippen LogP contribution is 2.32. The summed E-state index contributed by atoms with van der Waals surface area (Å²) in [5.41, 5.74) is 1.85. The van der Waals surface area contributed by atoms with E-state index in [1.54, 1.807) is 16.2 Å². The second-order valence-electron chi connectivity index (χ2n) is 7.65. The average molecular weight is 430 g/mol. The smallest absolute Gasteiger partial charge is 0.249 e. The summed E-state index contributed by atoms with van der Waals surface area (Å²) in [6.07, 6.45) is 3.37. The molecule has 2 aromatic rings. The second kappa shape index (κ2) is 9.53. The summed E-state index contributed by atoms with van der Waals surface area (Å²) in [6, 6.07) is 5.79. The molecular weight excluding hydrogens is 402 g/mol.